The van der Waals surface area contributed by atoms with Crippen molar-refractivity contribution >= 4 is 23.5 Å². The highest BCUT2D eigenvalue weighted by atomic mass is 35.5. The van der Waals surface area contributed by atoms with E-state index in [9.17, 15) is 35.9 Å². The predicted octanol–water partition coefficient (Wildman–Crippen LogP) is 7.32. The Labute approximate surface area is 247 Å². The fraction of sp³-hybridized carbons (Fsp3) is 0.333. The monoisotopic (exact) mass is 626 g/mol. The molecule has 0 aromatic heterocycles. The number of rotatable bonds is 6. The molecule has 228 valence electrons. The molecule has 0 bridgehead atoms. The number of likely N-dealkylation sites (tertiary alicyclic amines) is 2. The second kappa shape index (κ2) is 11.7. The van der Waals surface area contributed by atoms with Crippen molar-refractivity contribution in [3.05, 3.63) is 94.5 Å². The molecule has 3 aromatic carbocycles. The van der Waals surface area contributed by atoms with E-state index in [1.165, 1.54) is 18.2 Å². The summed E-state index contributed by atoms with van der Waals surface area (Å²) in [6, 6.07) is 17.1. The second-order valence-corrected chi connectivity index (χ2v) is 11.0. The summed E-state index contributed by atoms with van der Waals surface area (Å²) in [6.07, 6.45) is -10.4. The van der Waals surface area contributed by atoms with Gasteiger partial charge >= 0.3 is 18.3 Å². The molecule has 43 heavy (non-hydrogen) atoms. The van der Waals surface area contributed by atoms with E-state index in [0.717, 1.165) is 12.1 Å². The average Bonchev–Trinajstić information content (AvgIpc) is 2.96. The fourth-order valence-corrected chi connectivity index (χ4v) is 5.62. The number of para-hydroxylation sites is 1. The number of benzene rings is 3. The van der Waals surface area contributed by atoms with Crippen molar-refractivity contribution in [3.63, 3.8) is 0 Å². The van der Waals surface area contributed by atoms with Crippen molar-refractivity contribution in [2.24, 2.45) is 5.41 Å². The summed E-state index contributed by atoms with van der Waals surface area (Å²) in [5.41, 5.74) is -0.826. The quantitative estimate of drug-likeness (QED) is 0.212. The van der Waals surface area contributed by atoms with Crippen LogP contribution in [0.15, 0.2) is 72.8 Å². The zero-order valence-electron chi connectivity index (χ0n) is 22.4. The van der Waals surface area contributed by atoms with Gasteiger partial charge in [0.2, 0.25) is 0 Å². The molecule has 5 rings (SSSR count). The number of piperidine rings is 1. The van der Waals surface area contributed by atoms with Gasteiger partial charge in [-0.25, -0.2) is 4.79 Å². The first-order valence-electron chi connectivity index (χ1n) is 13.2. The molecule has 3 aromatic rings. The highest BCUT2D eigenvalue weighted by Crippen LogP contribution is 2.48. The van der Waals surface area contributed by atoms with E-state index in [1.807, 2.05) is 0 Å². The minimum atomic E-state index is -5.21. The molecule has 2 fully saturated rings. The van der Waals surface area contributed by atoms with E-state index < -0.39 is 35.5 Å². The normalized spacial score (nSPS) is 18.7. The Morgan fingerprint density at radius 2 is 1.58 bits per heavy atom. The number of carbonyl (C=O) groups excluding carboxylic acids is 2. The highest BCUT2D eigenvalue weighted by molar-refractivity contribution is 6.30. The molecular formula is C30H25ClF6N2O4. The maximum absolute atomic E-state index is 13.2. The van der Waals surface area contributed by atoms with Crippen molar-refractivity contribution in [1.82, 2.24) is 9.80 Å². The first kappa shape index (κ1) is 30.7. The molecule has 0 N–H and O–H groups in total. The Balaban J connectivity index is 1.32. The largest absolute Gasteiger partial charge is 0.490 e. The molecule has 2 aliphatic heterocycles. The number of hydrogen-bond acceptors (Lipinski definition) is 5. The molecular weight excluding hydrogens is 602 g/mol. The van der Waals surface area contributed by atoms with E-state index in [2.05, 4.69) is 0 Å². The Hall–Kier alpha value is -3.77. The Morgan fingerprint density at radius 1 is 0.907 bits per heavy atom. The van der Waals surface area contributed by atoms with Crippen molar-refractivity contribution < 1.29 is 45.4 Å². The molecule has 0 radical (unpaired) electrons. The van der Waals surface area contributed by atoms with Crippen molar-refractivity contribution in [2.45, 2.75) is 38.0 Å². The number of carbonyl (C=O) groups is 2. The number of halogens is 7. The average molecular weight is 627 g/mol. The molecule has 0 aliphatic carbocycles. The number of alkyl halides is 6. The summed E-state index contributed by atoms with van der Waals surface area (Å²) in [5, 5.41) is 0.472. The van der Waals surface area contributed by atoms with Crippen LogP contribution >= 0.6 is 11.6 Å². The Morgan fingerprint density at radius 3 is 2.23 bits per heavy atom. The van der Waals surface area contributed by atoms with Crippen LogP contribution in [0, 0.1) is 5.41 Å². The zero-order valence-corrected chi connectivity index (χ0v) is 23.2. The van der Waals surface area contributed by atoms with Gasteiger partial charge in [0.1, 0.15) is 11.5 Å². The van der Waals surface area contributed by atoms with Crippen LogP contribution in [0.3, 0.4) is 0 Å². The van der Waals surface area contributed by atoms with E-state index in [0.29, 0.717) is 29.0 Å². The lowest BCUT2D eigenvalue weighted by molar-refractivity contribution is -0.261. The lowest BCUT2D eigenvalue weighted by Crippen LogP contribution is -2.68. The van der Waals surface area contributed by atoms with Crippen LogP contribution < -0.4 is 4.74 Å². The lowest BCUT2D eigenvalue weighted by atomic mass is 9.69. The van der Waals surface area contributed by atoms with Gasteiger partial charge in [0.15, 0.2) is 6.23 Å². The van der Waals surface area contributed by atoms with E-state index >= 15 is 0 Å². The van der Waals surface area contributed by atoms with Crippen molar-refractivity contribution in [3.8, 4) is 11.5 Å². The minimum absolute atomic E-state index is 0.000107. The molecule has 13 heteroatoms. The fourth-order valence-electron chi connectivity index (χ4n) is 5.50. The molecule has 1 unspecified atom stereocenters. The van der Waals surface area contributed by atoms with Gasteiger partial charge in [0.25, 0.3) is 5.91 Å². The summed E-state index contributed by atoms with van der Waals surface area (Å²) in [5.74, 6) is -2.44. The molecule has 2 saturated heterocycles. The maximum atomic E-state index is 13.2. The molecule has 0 saturated carbocycles. The van der Waals surface area contributed by atoms with Gasteiger partial charge in [-0.15, -0.1) is 0 Å². The Kier molecular flexibility index (Phi) is 8.36. The van der Waals surface area contributed by atoms with Crippen LogP contribution in [-0.2, 0) is 22.3 Å². The van der Waals surface area contributed by atoms with Crippen LogP contribution in [0.2, 0.25) is 5.02 Å². The highest BCUT2D eigenvalue weighted by Gasteiger charge is 2.58. The van der Waals surface area contributed by atoms with Gasteiger partial charge in [0, 0.05) is 47.7 Å². The van der Waals surface area contributed by atoms with Crippen LogP contribution in [0.4, 0.5) is 26.3 Å². The van der Waals surface area contributed by atoms with E-state index in [1.54, 1.807) is 52.3 Å². The molecule has 1 amide bonds. The maximum Gasteiger partial charge on any atom is 0.490 e. The zero-order chi connectivity index (χ0) is 31.0. The first-order valence-corrected chi connectivity index (χ1v) is 13.6. The second-order valence-electron chi connectivity index (χ2n) is 10.6. The van der Waals surface area contributed by atoms with Gasteiger partial charge in [-0.05, 0) is 61.4 Å². The van der Waals surface area contributed by atoms with Crippen LogP contribution in [0.5, 0.6) is 11.5 Å². The summed E-state index contributed by atoms with van der Waals surface area (Å²) < 4.78 is 90.0. The van der Waals surface area contributed by atoms with Crippen molar-refractivity contribution in [2.75, 3.05) is 19.6 Å². The first-order chi connectivity index (χ1) is 20.2. The molecule has 1 spiro atoms. The van der Waals surface area contributed by atoms with Gasteiger partial charge in [-0.2, -0.15) is 26.3 Å². The van der Waals surface area contributed by atoms with Crippen LogP contribution in [0.25, 0.3) is 0 Å². The lowest BCUT2D eigenvalue weighted by Gasteiger charge is -2.59. The molecule has 2 aliphatic rings. The summed E-state index contributed by atoms with van der Waals surface area (Å²) in [4.78, 5) is 28.0. The van der Waals surface area contributed by atoms with Gasteiger partial charge < -0.3 is 14.4 Å². The minimum Gasteiger partial charge on any atom is -0.457 e. The predicted molar refractivity (Wildman–Crippen MR) is 143 cm³/mol. The standard InChI is InChI=1S/C30H25ClF6N2O4/c31-22-10-8-19(9-11-22)25(40)38-14-12-28(13-15-38)18-39(26(28)43-27(41)30(35,36)37)17-20-4-1-2-7-24(20)42-23-6-3-5-21(16-23)29(32,33)34/h1-11,16,26H,12-15,17-18H2. The third kappa shape index (κ3) is 6.75. The van der Waals surface area contributed by atoms with Crippen LogP contribution in [0.1, 0.15) is 34.3 Å². The third-order valence-electron chi connectivity index (χ3n) is 7.70. The Bertz CT molecular complexity index is 1490. The van der Waals surface area contributed by atoms with E-state index in [4.69, 9.17) is 21.1 Å². The van der Waals surface area contributed by atoms with Gasteiger partial charge in [-0.3, -0.25) is 9.69 Å². The third-order valence-corrected chi connectivity index (χ3v) is 7.95. The van der Waals surface area contributed by atoms with E-state index in [-0.39, 0.29) is 43.6 Å². The molecule has 6 nitrogen and oxygen atoms in total. The van der Waals surface area contributed by atoms with Gasteiger partial charge in [-0.1, -0.05) is 35.9 Å². The molecule has 1 atom stereocenters. The molecule has 2 heterocycles. The topological polar surface area (TPSA) is 59.1 Å². The van der Waals surface area contributed by atoms with Crippen molar-refractivity contribution in [1.29, 1.82) is 0 Å². The summed E-state index contributed by atoms with van der Waals surface area (Å²) in [7, 11) is 0. The summed E-state index contributed by atoms with van der Waals surface area (Å²) >= 11 is 5.90. The number of esters is 1. The summed E-state index contributed by atoms with van der Waals surface area (Å²) in [6.45, 7) is 0.749. The smallest absolute Gasteiger partial charge is 0.457 e. The number of ether oxygens (including phenoxy) is 2. The van der Waals surface area contributed by atoms with Gasteiger partial charge in [0.05, 0.1) is 5.56 Å². The number of nitrogens with zero attached hydrogens (tertiary/aromatic N) is 2. The van der Waals surface area contributed by atoms with Crippen LogP contribution in [-0.4, -0.2) is 53.7 Å². The SMILES string of the molecule is O=C(c1ccc(Cl)cc1)N1CCC2(CC1)CN(Cc1ccccc1Oc1cccc(C(F)(F)F)c1)C2OC(=O)C(F)(F)F. The number of amides is 1. The number of hydrogen-bond donors (Lipinski definition) is 0.